The third-order valence-corrected chi connectivity index (χ3v) is 12.7. The minimum absolute atomic E-state index is 0.0315. The highest BCUT2D eigenvalue weighted by molar-refractivity contribution is 6.99. The standard InChI is InChI=1S/C29H37NO7Si/c1-18-19(2)27(34)30(26(18)33)23-25(32)24(31)22(37-28(23)35-6)17-36-38(29(3,4)5,20-13-9-7-10-14-20)21-15-11-8-12-16-21/h7-16,22-25,28,31-32H,17H2,1-6H3/t22-,23-,24-,25-,28-/m1/s1. The Hall–Kier alpha value is -2.66. The molecule has 0 radical (unpaired) electrons. The molecule has 2 aliphatic heterocycles. The van der Waals surface area contributed by atoms with Gasteiger partial charge >= 0.3 is 0 Å². The highest BCUT2D eigenvalue weighted by atomic mass is 28.4. The summed E-state index contributed by atoms with van der Waals surface area (Å²) in [6.45, 7) is 9.51. The Morgan fingerprint density at radius 2 is 1.34 bits per heavy atom. The number of ether oxygens (including phenoxy) is 2. The number of hydrogen-bond acceptors (Lipinski definition) is 7. The number of aliphatic hydroxyl groups excluding tert-OH is 2. The summed E-state index contributed by atoms with van der Waals surface area (Å²) in [5.74, 6) is -1.06. The first-order valence-electron chi connectivity index (χ1n) is 12.8. The van der Waals surface area contributed by atoms with Gasteiger partial charge in [0.1, 0.15) is 24.4 Å². The quantitative estimate of drug-likeness (QED) is 0.408. The van der Waals surface area contributed by atoms with Crippen molar-refractivity contribution < 1.29 is 33.7 Å². The van der Waals surface area contributed by atoms with Crippen molar-refractivity contribution in [1.29, 1.82) is 0 Å². The molecule has 0 aliphatic carbocycles. The van der Waals surface area contributed by atoms with Crippen LogP contribution in [0.25, 0.3) is 0 Å². The molecule has 5 atom stereocenters. The number of carbonyl (C=O) groups is 2. The van der Waals surface area contributed by atoms with Crippen LogP contribution in [0.2, 0.25) is 5.04 Å². The van der Waals surface area contributed by atoms with Gasteiger partial charge < -0.3 is 24.1 Å². The number of amides is 2. The van der Waals surface area contributed by atoms with E-state index in [-0.39, 0.29) is 11.6 Å². The average molecular weight is 540 g/mol. The summed E-state index contributed by atoms with van der Waals surface area (Å²) in [6.07, 6.45) is -5.02. The van der Waals surface area contributed by atoms with E-state index in [9.17, 15) is 19.8 Å². The Labute approximate surface area is 225 Å². The van der Waals surface area contributed by atoms with Crippen LogP contribution in [0.5, 0.6) is 0 Å². The van der Waals surface area contributed by atoms with Crippen LogP contribution in [0.3, 0.4) is 0 Å². The number of hydrogen-bond donors (Lipinski definition) is 2. The van der Waals surface area contributed by atoms with Gasteiger partial charge in [-0.25, -0.2) is 0 Å². The Balaban J connectivity index is 1.66. The van der Waals surface area contributed by atoms with Gasteiger partial charge in [-0.05, 0) is 29.3 Å². The normalized spacial score (nSPS) is 26.8. The van der Waals surface area contributed by atoms with Crippen molar-refractivity contribution in [1.82, 2.24) is 4.90 Å². The molecule has 0 bridgehead atoms. The summed E-state index contributed by atoms with van der Waals surface area (Å²) < 4.78 is 18.5. The number of aliphatic hydroxyl groups is 2. The summed E-state index contributed by atoms with van der Waals surface area (Å²) >= 11 is 0. The van der Waals surface area contributed by atoms with Crippen molar-refractivity contribution in [2.45, 2.75) is 70.3 Å². The minimum atomic E-state index is -2.94. The summed E-state index contributed by atoms with van der Waals surface area (Å²) in [7, 11) is -1.56. The number of rotatable bonds is 7. The number of benzene rings is 2. The molecule has 2 aromatic rings. The van der Waals surface area contributed by atoms with Crippen molar-refractivity contribution in [2.24, 2.45) is 0 Å². The third-order valence-electron chi connectivity index (χ3n) is 7.72. The second-order valence-electron chi connectivity index (χ2n) is 11.0. The maximum absolute atomic E-state index is 12.8. The molecule has 0 spiro atoms. The first kappa shape index (κ1) is 28.3. The molecule has 38 heavy (non-hydrogen) atoms. The number of carbonyl (C=O) groups excluding carboxylic acids is 2. The lowest BCUT2D eigenvalue weighted by Crippen LogP contribution is -2.69. The summed E-state index contributed by atoms with van der Waals surface area (Å²) in [5.41, 5.74) is 0.590. The van der Waals surface area contributed by atoms with Gasteiger partial charge in [-0.2, -0.15) is 0 Å². The minimum Gasteiger partial charge on any atom is -0.405 e. The van der Waals surface area contributed by atoms with Crippen molar-refractivity contribution in [2.75, 3.05) is 13.7 Å². The molecule has 2 aromatic carbocycles. The van der Waals surface area contributed by atoms with Crippen molar-refractivity contribution in [3.63, 3.8) is 0 Å². The molecule has 1 saturated heterocycles. The topological polar surface area (TPSA) is 106 Å². The van der Waals surface area contributed by atoms with Gasteiger partial charge in [0, 0.05) is 18.3 Å². The van der Waals surface area contributed by atoms with Crippen molar-refractivity contribution in [3.05, 3.63) is 71.8 Å². The van der Waals surface area contributed by atoms with E-state index < -0.39 is 50.8 Å². The zero-order valence-electron chi connectivity index (χ0n) is 22.8. The van der Waals surface area contributed by atoms with Crippen LogP contribution in [0.4, 0.5) is 0 Å². The lowest BCUT2D eigenvalue weighted by Gasteiger charge is -2.47. The van der Waals surface area contributed by atoms with Crippen molar-refractivity contribution in [3.8, 4) is 0 Å². The van der Waals surface area contributed by atoms with Gasteiger partial charge in [0.05, 0.1) is 6.61 Å². The monoisotopic (exact) mass is 539 g/mol. The molecule has 204 valence electrons. The first-order valence-corrected chi connectivity index (χ1v) is 14.7. The van der Waals surface area contributed by atoms with Crippen LogP contribution in [-0.2, 0) is 23.5 Å². The van der Waals surface area contributed by atoms with Gasteiger partial charge in [0.15, 0.2) is 6.29 Å². The van der Waals surface area contributed by atoms with Gasteiger partial charge in [0.25, 0.3) is 20.1 Å². The molecule has 2 N–H and O–H groups in total. The smallest absolute Gasteiger partial charge is 0.261 e. The van der Waals surface area contributed by atoms with Gasteiger partial charge in [-0.15, -0.1) is 0 Å². The molecular formula is C29H37NO7Si. The fourth-order valence-electron chi connectivity index (χ4n) is 5.54. The highest BCUT2D eigenvalue weighted by Crippen LogP contribution is 2.38. The van der Waals surface area contributed by atoms with E-state index in [0.29, 0.717) is 11.1 Å². The van der Waals surface area contributed by atoms with E-state index in [4.69, 9.17) is 13.9 Å². The average Bonchev–Trinajstić information content (AvgIpc) is 3.09. The second-order valence-corrected chi connectivity index (χ2v) is 15.3. The van der Waals surface area contributed by atoms with Crippen LogP contribution >= 0.6 is 0 Å². The lowest BCUT2D eigenvalue weighted by molar-refractivity contribution is -0.274. The van der Waals surface area contributed by atoms with Gasteiger partial charge in [-0.1, -0.05) is 81.4 Å². The number of methoxy groups -OCH3 is 1. The fraction of sp³-hybridized carbons (Fsp3) is 0.448. The second kappa shape index (κ2) is 10.8. The zero-order valence-corrected chi connectivity index (χ0v) is 23.8. The Bertz CT molecular complexity index is 1130. The Morgan fingerprint density at radius 3 is 1.76 bits per heavy atom. The molecule has 4 rings (SSSR count). The first-order chi connectivity index (χ1) is 18.0. The van der Waals surface area contributed by atoms with Crippen LogP contribution in [0, 0.1) is 0 Å². The number of imide groups is 1. The van der Waals surface area contributed by atoms with Gasteiger partial charge in [-0.3, -0.25) is 14.5 Å². The molecule has 2 amide bonds. The van der Waals surface area contributed by atoms with E-state index in [1.807, 2.05) is 36.4 Å². The van der Waals surface area contributed by atoms with E-state index in [0.717, 1.165) is 15.3 Å². The van der Waals surface area contributed by atoms with Crippen LogP contribution in [-0.4, -0.2) is 79.6 Å². The zero-order chi connectivity index (χ0) is 27.8. The predicted octanol–water partition coefficient (Wildman–Crippen LogP) is 1.73. The molecule has 2 heterocycles. The van der Waals surface area contributed by atoms with E-state index in [1.165, 1.54) is 7.11 Å². The largest absolute Gasteiger partial charge is 0.405 e. The molecule has 0 aromatic heterocycles. The summed E-state index contributed by atoms with van der Waals surface area (Å²) in [6, 6.07) is 18.9. The van der Waals surface area contributed by atoms with Crippen LogP contribution in [0.15, 0.2) is 71.8 Å². The van der Waals surface area contributed by atoms with Crippen molar-refractivity contribution >= 4 is 30.5 Å². The maximum Gasteiger partial charge on any atom is 0.261 e. The third kappa shape index (κ3) is 4.68. The van der Waals surface area contributed by atoms with E-state index >= 15 is 0 Å². The molecule has 1 fully saturated rings. The molecule has 0 saturated carbocycles. The van der Waals surface area contributed by atoms with E-state index in [2.05, 4.69) is 45.0 Å². The molecule has 0 unspecified atom stereocenters. The maximum atomic E-state index is 12.8. The lowest BCUT2D eigenvalue weighted by atomic mass is 9.95. The SMILES string of the molecule is CO[C@@H]1O[C@H](CO[Si](c2ccccc2)(c2ccccc2)C(C)(C)C)[C@@H](O)[C@H](O)[C@H]1N1C(=O)C(C)=C(C)C1=O. The number of nitrogens with zero attached hydrogens (tertiary/aromatic N) is 1. The molecule has 8 nitrogen and oxygen atoms in total. The highest BCUT2D eigenvalue weighted by Gasteiger charge is 2.55. The van der Waals surface area contributed by atoms with Gasteiger partial charge in [0.2, 0.25) is 0 Å². The van der Waals surface area contributed by atoms with Crippen LogP contribution in [0.1, 0.15) is 34.6 Å². The van der Waals surface area contributed by atoms with E-state index in [1.54, 1.807) is 13.8 Å². The molecule has 9 heteroatoms. The fourth-order valence-corrected chi connectivity index (χ4v) is 10.1. The summed E-state index contributed by atoms with van der Waals surface area (Å²) in [4.78, 5) is 26.6. The van der Waals surface area contributed by atoms with Crippen LogP contribution < -0.4 is 10.4 Å². The Kier molecular flexibility index (Phi) is 8.09. The predicted molar refractivity (Wildman–Crippen MR) is 145 cm³/mol. The Morgan fingerprint density at radius 1 is 0.868 bits per heavy atom. The molecule has 2 aliphatic rings. The summed E-state index contributed by atoms with van der Waals surface area (Å²) in [5, 5.41) is 24.2. The molecular weight excluding hydrogens is 502 g/mol.